The van der Waals surface area contributed by atoms with Crippen LogP contribution in [0.2, 0.25) is 0 Å². The molecule has 126 valence electrons. The second kappa shape index (κ2) is 6.03. The van der Waals surface area contributed by atoms with Gasteiger partial charge in [-0.1, -0.05) is 0 Å². The maximum atomic E-state index is 12.7. The van der Waals surface area contributed by atoms with Crippen molar-refractivity contribution in [2.75, 3.05) is 25.0 Å². The van der Waals surface area contributed by atoms with Gasteiger partial charge >= 0.3 is 0 Å². The number of sulfonamides is 1. The Bertz CT molecular complexity index is 669. The van der Waals surface area contributed by atoms with Crippen molar-refractivity contribution in [2.45, 2.75) is 49.1 Å². The van der Waals surface area contributed by atoms with Crippen LogP contribution >= 0.6 is 0 Å². The van der Waals surface area contributed by atoms with E-state index < -0.39 is 10.0 Å². The van der Waals surface area contributed by atoms with Crippen molar-refractivity contribution in [3.8, 4) is 0 Å². The summed E-state index contributed by atoms with van der Waals surface area (Å²) < 4.78 is 32.7. The first-order valence-corrected chi connectivity index (χ1v) is 9.93. The first-order chi connectivity index (χ1) is 11.1. The molecule has 0 amide bonds. The van der Waals surface area contributed by atoms with E-state index >= 15 is 0 Å². The summed E-state index contributed by atoms with van der Waals surface area (Å²) >= 11 is 0. The fourth-order valence-corrected chi connectivity index (χ4v) is 5.10. The summed E-state index contributed by atoms with van der Waals surface area (Å²) in [5.41, 5.74) is 0. The van der Waals surface area contributed by atoms with Crippen molar-refractivity contribution in [3.05, 3.63) is 18.3 Å². The summed E-state index contributed by atoms with van der Waals surface area (Å²) in [6.45, 7) is 2.01. The monoisotopic (exact) mass is 337 g/mol. The van der Waals surface area contributed by atoms with Gasteiger partial charge in [-0.15, -0.1) is 0 Å². The van der Waals surface area contributed by atoms with Gasteiger partial charge in [-0.2, -0.15) is 4.31 Å². The molecule has 0 spiro atoms. The third kappa shape index (κ3) is 3.09. The molecule has 7 heteroatoms. The summed E-state index contributed by atoms with van der Waals surface area (Å²) in [7, 11) is -3.39. The third-order valence-electron chi connectivity index (χ3n) is 4.99. The third-order valence-corrected chi connectivity index (χ3v) is 6.88. The van der Waals surface area contributed by atoms with E-state index in [9.17, 15) is 8.42 Å². The molecule has 2 saturated heterocycles. The number of hydrogen-bond acceptors (Lipinski definition) is 5. The lowest BCUT2D eigenvalue weighted by atomic mass is 10.1. The topological polar surface area (TPSA) is 71.5 Å². The summed E-state index contributed by atoms with van der Waals surface area (Å²) in [5, 5.41) is 3.40. The number of nitrogens with zero attached hydrogens (tertiary/aromatic N) is 2. The smallest absolute Gasteiger partial charge is 0.243 e. The van der Waals surface area contributed by atoms with Crippen LogP contribution in [-0.2, 0) is 14.8 Å². The minimum absolute atomic E-state index is 0.236. The standard InChI is InChI=1S/C16H23N3O3S/c20-23(21,19-8-1-2-9-19)13-5-7-17-15(11-13)18-14-6-10-22-16(14)12-3-4-12/h5,7,11-12,14,16H,1-4,6,8-10H2,(H,17,18). The maximum absolute atomic E-state index is 12.7. The second-order valence-electron chi connectivity index (χ2n) is 6.70. The van der Waals surface area contributed by atoms with Crippen LogP contribution in [0.25, 0.3) is 0 Å². The van der Waals surface area contributed by atoms with E-state index in [2.05, 4.69) is 10.3 Å². The summed E-state index contributed by atoms with van der Waals surface area (Å²) in [6.07, 6.45) is 7.13. The Morgan fingerprint density at radius 2 is 2.00 bits per heavy atom. The average molecular weight is 337 g/mol. The zero-order valence-electron chi connectivity index (χ0n) is 13.1. The number of ether oxygens (including phenoxy) is 1. The van der Waals surface area contributed by atoms with Gasteiger partial charge < -0.3 is 10.1 Å². The summed E-state index contributed by atoms with van der Waals surface area (Å²) in [5.74, 6) is 1.29. The quantitative estimate of drug-likeness (QED) is 0.888. The number of anilines is 1. The predicted molar refractivity (Wildman–Crippen MR) is 86.7 cm³/mol. The van der Waals surface area contributed by atoms with Crippen molar-refractivity contribution >= 4 is 15.8 Å². The van der Waals surface area contributed by atoms with Crippen molar-refractivity contribution in [1.29, 1.82) is 0 Å². The molecule has 1 aliphatic carbocycles. The number of rotatable bonds is 5. The average Bonchev–Trinajstić information content (AvgIpc) is 3.04. The Morgan fingerprint density at radius 3 is 2.74 bits per heavy atom. The molecule has 2 aliphatic heterocycles. The SMILES string of the molecule is O=S(=O)(c1ccnc(NC2CCOC2C2CC2)c1)N1CCCC1. The van der Waals surface area contributed by atoms with Crippen LogP contribution in [-0.4, -0.2) is 49.5 Å². The lowest BCUT2D eigenvalue weighted by Gasteiger charge is -2.21. The fraction of sp³-hybridized carbons (Fsp3) is 0.688. The molecule has 3 aliphatic rings. The van der Waals surface area contributed by atoms with Gasteiger partial charge in [0, 0.05) is 32.0 Å². The molecule has 3 heterocycles. The maximum Gasteiger partial charge on any atom is 0.243 e. The van der Waals surface area contributed by atoms with E-state index in [1.807, 2.05) is 0 Å². The number of nitrogens with one attached hydrogen (secondary N) is 1. The minimum Gasteiger partial charge on any atom is -0.376 e. The highest BCUT2D eigenvalue weighted by molar-refractivity contribution is 7.89. The van der Waals surface area contributed by atoms with Crippen molar-refractivity contribution in [1.82, 2.24) is 9.29 Å². The second-order valence-corrected chi connectivity index (χ2v) is 8.64. The summed E-state index contributed by atoms with van der Waals surface area (Å²) in [4.78, 5) is 4.64. The zero-order valence-corrected chi connectivity index (χ0v) is 14.0. The van der Waals surface area contributed by atoms with Gasteiger partial charge in [0.1, 0.15) is 5.82 Å². The van der Waals surface area contributed by atoms with Gasteiger partial charge in [-0.25, -0.2) is 13.4 Å². The summed E-state index contributed by atoms with van der Waals surface area (Å²) in [6, 6.07) is 3.48. The van der Waals surface area contributed by atoms with E-state index in [0.717, 1.165) is 25.9 Å². The molecule has 2 unspecified atom stereocenters. The molecule has 2 atom stereocenters. The first kappa shape index (κ1) is 15.4. The largest absolute Gasteiger partial charge is 0.376 e. The van der Waals surface area contributed by atoms with Crippen molar-refractivity contribution in [2.24, 2.45) is 5.92 Å². The number of aromatic nitrogens is 1. The molecule has 0 aromatic carbocycles. The fourth-order valence-electron chi connectivity index (χ4n) is 3.57. The van der Waals surface area contributed by atoms with E-state index in [0.29, 0.717) is 29.7 Å². The molecule has 0 radical (unpaired) electrons. The number of hydrogen-bond donors (Lipinski definition) is 1. The number of pyridine rings is 1. The van der Waals surface area contributed by atoms with Gasteiger partial charge in [0.2, 0.25) is 10.0 Å². The van der Waals surface area contributed by atoms with Crippen LogP contribution in [0, 0.1) is 5.92 Å². The zero-order chi connectivity index (χ0) is 15.9. The molecule has 3 fully saturated rings. The lowest BCUT2D eigenvalue weighted by molar-refractivity contribution is 0.0898. The first-order valence-electron chi connectivity index (χ1n) is 8.49. The van der Waals surface area contributed by atoms with Crippen molar-refractivity contribution < 1.29 is 13.2 Å². The predicted octanol–water partition coefficient (Wildman–Crippen LogP) is 1.85. The highest BCUT2D eigenvalue weighted by Crippen LogP contribution is 2.39. The Labute approximate surface area is 137 Å². The highest BCUT2D eigenvalue weighted by Gasteiger charge is 2.40. The molecule has 1 N–H and O–H groups in total. The van der Waals surface area contributed by atoms with E-state index in [-0.39, 0.29) is 12.1 Å². The molecule has 6 nitrogen and oxygen atoms in total. The van der Waals surface area contributed by atoms with Crippen molar-refractivity contribution in [3.63, 3.8) is 0 Å². The van der Waals surface area contributed by atoms with Gasteiger partial charge in [0.15, 0.2) is 0 Å². The Hall–Kier alpha value is -1.18. The van der Waals surface area contributed by atoms with Crippen LogP contribution in [0.4, 0.5) is 5.82 Å². The van der Waals surface area contributed by atoms with E-state index in [4.69, 9.17) is 4.74 Å². The van der Waals surface area contributed by atoms with Gasteiger partial charge in [0.05, 0.1) is 17.0 Å². The van der Waals surface area contributed by atoms with Crippen LogP contribution in [0.15, 0.2) is 23.2 Å². The van der Waals surface area contributed by atoms with Crippen LogP contribution < -0.4 is 5.32 Å². The molecule has 0 bridgehead atoms. The Kier molecular flexibility index (Phi) is 4.03. The molecule has 1 aromatic rings. The van der Waals surface area contributed by atoms with E-state index in [1.165, 1.54) is 12.8 Å². The highest BCUT2D eigenvalue weighted by atomic mass is 32.2. The molecule has 1 saturated carbocycles. The molecule has 23 heavy (non-hydrogen) atoms. The van der Waals surface area contributed by atoms with E-state index in [1.54, 1.807) is 22.6 Å². The normalized spacial score (nSPS) is 29.0. The van der Waals surface area contributed by atoms with Gasteiger partial charge in [-0.05, 0) is 44.1 Å². The van der Waals surface area contributed by atoms with Crippen LogP contribution in [0.3, 0.4) is 0 Å². The van der Waals surface area contributed by atoms with Crippen LogP contribution in [0.1, 0.15) is 32.1 Å². The van der Waals surface area contributed by atoms with Crippen LogP contribution in [0.5, 0.6) is 0 Å². The lowest BCUT2D eigenvalue weighted by Crippen LogP contribution is -2.31. The Balaban J connectivity index is 1.52. The van der Waals surface area contributed by atoms with Gasteiger partial charge in [0.25, 0.3) is 0 Å². The molecular weight excluding hydrogens is 314 g/mol. The molecular formula is C16H23N3O3S. The Morgan fingerprint density at radius 1 is 1.22 bits per heavy atom. The molecule has 4 rings (SSSR count). The minimum atomic E-state index is -3.39. The van der Waals surface area contributed by atoms with Gasteiger partial charge in [-0.3, -0.25) is 0 Å². The molecule has 1 aromatic heterocycles.